The number of aromatic nitrogens is 2. The van der Waals surface area contributed by atoms with Crippen molar-refractivity contribution in [2.24, 2.45) is 0 Å². The van der Waals surface area contributed by atoms with E-state index in [9.17, 15) is 4.79 Å². The van der Waals surface area contributed by atoms with Crippen molar-refractivity contribution in [2.45, 2.75) is 19.9 Å². The third-order valence-electron chi connectivity index (χ3n) is 4.40. The highest BCUT2D eigenvalue weighted by molar-refractivity contribution is 7.20. The van der Waals surface area contributed by atoms with Gasteiger partial charge in [0.15, 0.2) is 0 Å². The molecule has 0 aliphatic rings. The van der Waals surface area contributed by atoms with E-state index in [-0.39, 0.29) is 5.97 Å². The Morgan fingerprint density at radius 1 is 1.14 bits per heavy atom. The Morgan fingerprint density at radius 2 is 1.89 bits per heavy atom. The number of hydrogen-bond acceptors (Lipinski definition) is 5. The fourth-order valence-electron chi connectivity index (χ4n) is 3.00. The number of ether oxygens (including phenoxy) is 1. The number of benzene rings is 2. The van der Waals surface area contributed by atoms with Crippen LogP contribution in [0.1, 0.15) is 26.5 Å². The summed E-state index contributed by atoms with van der Waals surface area (Å²) in [6, 6.07) is 21.0. The summed E-state index contributed by atoms with van der Waals surface area (Å²) < 4.78 is 7.42. The number of rotatable bonds is 5. The summed E-state index contributed by atoms with van der Waals surface area (Å²) in [5.41, 5.74) is 2.93. The summed E-state index contributed by atoms with van der Waals surface area (Å²) >= 11 is 1.39. The molecule has 2 heterocycles. The maximum Gasteiger partial charge on any atom is 0.353 e. The first kappa shape index (κ1) is 18.0. The Morgan fingerprint density at radius 3 is 2.61 bits per heavy atom. The second-order valence-electron chi connectivity index (χ2n) is 6.43. The van der Waals surface area contributed by atoms with Crippen LogP contribution in [0.2, 0.25) is 0 Å². The lowest BCUT2D eigenvalue weighted by Crippen LogP contribution is -2.06. The van der Waals surface area contributed by atoms with Gasteiger partial charge in [-0.05, 0) is 36.2 Å². The highest BCUT2D eigenvalue weighted by Crippen LogP contribution is 2.29. The molecule has 2 aromatic carbocycles. The largest absolute Gasteiger partial charge is 0.422 e. The quantitative estimate of drug-likeness (QED) is 0.366. The van der Waals surface area contributed by atoms with Crippen LogP contribution in [0.25, 0.3) is 10.2 Å². The van der Waals surface area contributed by atoms with Gasteiger partial charge in [-0.1, -0.05) is 42.5 Å². The lowest BCUT2D eigenvalue weighted by atomic mass is 10.2. The molecule has 0 aliphatic heterocycles. The minimum atomic E-state index is -0.389. The summed E-state index contributed by atoms with van der Waals surface area (Å²) in [7, 11) is 0. The predicted molar refractivity (Wildman–Crippen MR) is 109 cm³/mol. The molecule has 0 aliphatic carbocycles. The minimum Gasteiger partial charge on any atom is -0.422 e. The molecule has 0 amide bonds. The van der Waals surface area contributed by atoms with E-state index < -0.39 is 0 Å². The van der Waals surface area contributed by atoms with Crippen LogP contribution in [-0.4, -0.2) is 15.7 Å². The Labute approximate surface area is 166 Å². The fourth-order valence-corrected chi connectivity index (χ4v) is 4.04. The number of esters is 1. The summed E-state index contributed by atoms with van der Waals surface area (Å²) in [5, 5.41) is 14.3. The minimum absolute atomic E-state index is 0.335. The highest BCUT2D eigenvalue weighted by atomic mass is 32.1. The van der Waals surface area contributed by atoms with E-state index in [2.05, 4.69) is 23.3 Å². The maximum absolute atomic E-state index is 12.6. The molecule has 0 fully saturated rings. The van der Waals surface area contributed by atoms with Gasteiger partial charge in [-0.15, -0.1) is 11.3 Å². The third kappa shape index (κ3) is 3.66. The van der Waals surface area contributed by atoms with Crippen LogP contribution in [0.15, 0.2) is 60.7 Å². The van der Waals surface area contributed by atoms with Crippen LogP contribution in [0.5, 0.6) is 5.75 Å². The topological polar surface area (TPSA) is 67.9 Å². The average Bonchev–Trinajstić information content (AvgIpc) is 3.26. The van der Waals surface area contributed by atoms with Crippen LogP contribution >= 0.6 is 11.3 Å². The van der Waals surface area contributed by atoms with Crippen molar-refractivity contribution in [3.8, 4) is 11.8 Å². The predicted octanol–water partition coefficient (Wildman–Crippen LogP) is 4.74. The Balaban J connectivity index is 1.56. The number of fused-ring (bicyclic) bond motifs is 1. The average molecular weight is 387 g/mol. The Hall–Kier alpha value is -3.43. The second kappa shape index (κ2) is 7.67. The lowest BCUT2D eigenvalue weighted by Gasteiger charge is -2.04. The second-order valence-corrected chi connectivity index (χ2v) is 7.46. The van der Waals surface area contributed by atoms with E-state index >= 15 is 0 Å². The molecule has 6 heteroatoms. The molecule has 5 nitrogen and oxygen atoms in total. The molecule has 0 atom stereocenters. The number of hydrogen-bond donors (Lipinski definition) is 0. The number of thiophene rings is 1. The smallest absolute Gasteiger partial charge is 0.353 e. The van der Waals surface area contributed by atoms with Gasteiger partial charge in [0.2, 0.25) is 0 Å². The fraction of sp³-hybridized carbons (Fsp3) is 0.136. The molecule has 0 bridgehead atoms. The summed E-state index contributed by atoms with van der Waals surface area (Å²) in [6.45, 7) is 2.60. The van der Waals surface area contributed by atoms with Gasteiger partial charge < -0.3 is 4.74 Å². The SMILES string of the molecule is Cc1nn(Cc2ccccc2)c2sc(C(=O)Oc3ccc(CC#N)cc3)cc12. The Kier molecular flexibility index (Phi) is 4.92. The number of nitrogens with zero attached hydrogens (tertiary/aromatic N) is 3. The van der Waals surface area contributed by atoms with Crippen LogP contribution in [0, 0.1) is 18.3 Å². The van der Waals surface area contributed by atoms with E-state index in [0.29, 0.717) is 23.6 Å². The highest BCUT2D eigenvalue weighted by Gasteiger charge is 2.18. The first-order valence-corrected chi connectivity index (χ1v) is 9.64. The number of carbonyl (C=O) groups excluding carboxylic acids is 1. The van der Waals surface area contributed by atoms with Crippen molar-refractivity contribution < 1.29 is 9.53 Å². The molecule has 0 spiro atoms. The van der Waals surface area contributed by atoms with E-state index in [1.807, 2.05) is 35.9 Å². The molecule has 0 saturated carbocycles. The third-order valence-corrected chi connectivity index (χ3v) is 5.53. The normalized spacial score (nSPS) is 10.7. The van der Waals surface area contributed by atoms with Crippen molar-refractivity contribution in [3.63, 3.8) is 0 Å². The Bertz CT molecular complexity index is 1170. The summed E-state index contributed by atoms with van der Waals surface area (Å²) in [6.07, 6.45) is 0.335. The standard InChI is InChI=1S/C22H17N3O2S/c1-15-19-13-20(22(26)27-18-9-7-16(8-10-18)11-12-23)28-21(19)25(24-15)14-17-5-3-2-4-6-17/h2-10,13H,11,14H2,1H3. The molecule has 0 saturated heterocycles. The van der Waals surface area contributed by atoms with Gasteiger partial charge in [0.25, 0.3) is 0 Å². The van der Waals surface area contributed by atoms with Crippen molar-refractivity contribution in [2.75, 3.05) is 0 Å². The van der Waals surface area contributed by atoms with Gasteiger partial charge in [-0.25, -0.2) is 4.79 Å². The molecule has 138 valence electrons. The van der Waals surface area contributed by atoms with Crippen molar-refractivity contribution in [1.82, 2.24) is 9.78 Å². The van der Waals surface area contributed by atoms with Crippen LogP contribution in [0.3, 0.4) is 0 Å². The van der Waals surface area contributed by atoms with Gasteiger partial charge in [0.1, 0.15) is 15.5 Å². The zero-order valence-electron chi connectivity index (χ0n) is 15.3. The number of carbonyl (C=O) groups is 1. The monoisotopic (exact) mass is 387 g/mol. The van der Waals surface area contributed by atoms with Crippen molar-refractivity contribution >= 4 is 27.5 Å². The number of aryl methyl sites for hydroxylation is 1. The molecule has 4 rings (SSSR count). The summed E-state index contributed by atoms with van der Waals surface area (Å²) in [4.78, 5) is 14.1. The molecule has 0 unspecified atom stereocenters. The zero-order chi connectivity index (χ0) is 19.5. The molecule has 0 radical (unpaired) electrons. The van der Waals surface area contributed by atoms with Crippen molar-refractivity contribution in [3.05, 3.63) is 82.4 Å². The van der Waals surface area contributed by atoms with Gasteiger partial charge in [0, 0.05) is 5.39 Å². The van der Waals surface area contributed by atoms with E-state index in [1.165, 1.54) is 11.3 Å². The van der Waals surface area contributed by atoms with E-state index in [4.69, 9.17) is 10.00 Å². The summed E-state index contributed by atoms with van der Waals surface area (Å²) in [5.74, 6) is 0.0756. The number of nitriles is 1. The van der Waals surface area contributed by atoms with Gasteiger partial charge >= 0.3 is 5.97 Å². The first-order valence-electron chi connectivity index (χ1n) is 8.83. The van der Waals surface area contributed by atoms with Crippen LogP contribution < -0.4 is 4.74 Å². The van der Waals surface area contributed by atoms with E-state index in [0.717, 1.165) is 27.0 Å². The van der Waals surface area contributed by atoms with Gasteiger partial charge in [-0.3, -0.25) is 4.68 Å². The molecule has 4 aromatic rings. The zero-order valence-corrected chi connectivity index (χ0v) is 16.1. The molecular weight excluding hydrogens is 370 g/mol. The first-order chi connectivity index (χ1) is 13.6. The molecule has 0 N–H and O–H groups in total. The lowest BCUT2D eigenvalue weighted by molar-refractivity contribution is 0.0740. The maximum atomic E-state index is 12.6. The van der Waals surface area contributed by atoms with Crippen LogP contribution in [-0.2, 0) is 13.0 Å². The molecule has 28 heavy (non-hydrogen) atoms. The van der Waals surface area contributed by atoms with Crippen molar-refractivity contribution in [1.29, 1.82) is 5.26 Å². The van der Waals surface area contributed by atoms with Crippen LogP contribution in [0.4, 0.5) is 0 Å². The van der Waals surface area contributed by atoms with Gasteiger partial charge in [-0.2, -0.15) is 10.4 Å². The van der Waals surface area contributed by atoms with E-state index in [1.54, 1.807) is 24.3 Å². The van der Waals surface area contributed by atoms with Gasteiger partial charge in [0.05, 0.1) is 24.7 Å². The molecular formula is C22H17N3O2S. The molecule has 2 aromatic heterocycles.